The Morgan fingerprint density at radius 1 is 0.905 bits per heavy atom. The first-order chi connectivity index (χ1) is 9.60. The van der Waals surface area contributed by atoms with Crippen molar-refractivity contribution < 1.29 is 5.11 Å². The number of nitrogens with zero attached hydrogens (tertiary/aromatic N) is 1. The van der Waals surface area contributed by atoms with Crippen molar-refractivity contribution in [2.75, 3.05) is 0 Å². The molecule has 1 aromatic heterocycles. The number of aromatic nitrogens is 1. The molecule has 2 nitrogen and oxygen atoms in total. The second-order valence-electron chi connectivity index (χ2n) is 7.63. The van der Waals surface area contributed by atoms with Crippen molar-refractivity contribution in [2.24, 2.45) is 0 Å². The van der Waals surface area contributed by atoms with Crippen LogP contribution >= 0.6 is 0 Å². The molecule has 2 aromatic rings. The zero-order valence-electron chi connectivity index (χ0n) is 13.9. The molecule has 2 rings (SSSR count). The number of pyridine rings is 1. The van der Waals surface area contributed by atoms with Crippen LogP contribution in [0.4, 0.5) is 0 Å². The number of benzene rings is 1. The molecule has 1 aromatic carbocycles. The van der Waals surface area contributed by atoms with Crippen LogP contribution in [-0.4, -0.2) is 10.1 Å². The van der Waals surface area contributed by atoms with Gasteiger partial charge in [-0.3, -0.25) is 4.98 Å². The molecule has 0 spiro atoms. The van der Waals surface area contributed by atoms with Gasteiger partial charge in [-0.15, -0.1) is 0 Å². The minimum atomic E-state index is -0.0639. The highest BCUT2D eigenvalue weighted by Crippen LogP contribution is 2.41. The molecular formula is C19H25NO. The summed E-state index contributed by atoms with van der Waals surface area (Å²) in [7, 11) is 0. The largest absolute Gasteiger partial charge is 0.507 e. The molecule has 0 aliphatic rings. The number of aromatic hydroxyl groups is 1. The Labute approximate surface area is 127 Å². The Kier molecular flexibility index (Phi) is 3.83. The van der Waals surface area contributed by atoms with Crippen LogP contribution in [0, 0.1) is 0 Å². The van der Waals surface area contributed by atoms with E-state index in [0.29, 0.717) is 5.75 Å². The topological polar surface area (TPSA) is 33.1 Å². The number of hydrogen-bond donors (Lipinski definition) is 1. The second-order valence-corrected chi connectivity index (χ2v) is 7.63. The molecule has 0 atom stereocenters. The van der Waals surface area contributed by atoms with Crippen LogP contribution in [0.1, 0.15) is 52.7 Å². The van der Waals surface area contributed by atoms with Gasteiger partial charge in [-0.1, -0.05) is 53.7 Å². The average Bonchev–Trinajstić information content (AvgIpc) is 2.36. The maximum Gasteiger partial charge on any atom is 0.125 e. The molecule has 0 fully saturated rings. The molecule has 21 heavy (non-hydrogen) atoms. The molecule has 0 saturated heterocycles. The lowest BCUT2D eigenvalue weighted by atomic mass is 9.77. The third-order valence-electron chi connectivity index (χ3n) is 3.71. The first kappa shape index (κ1) is 15.6. The van der Waals surface area contributed by atoms with Gasteiger partial charge in [-0.2, -0.15) is 0 Å². The van der Waals surface area contributed by atoms with Crippen molar-refractivity contribution in [2.45, 2.75) is 52.4 Å². The lowest BCUT2D eigenvalue weighted by molar-refractivity contribution is 0.468. The van der Waals surface area contributed by atoms with E-state index in [-0.39, 0.29) is 10.8 Å². The summed E-state index contributed by atoms with van der Waals surface area (Å²) < 4.78 is 0. The van der Waals surface area contributed by atoms with Crippen LogP contribution in [0.5, 0.6) is 5.75 Å². The number of phenolic OH excluding ortho intramolecular Hbond substituents is 1. The third-order valence-corrected chi connectivity index (χ3v) is 3.71. The summed E-state index contributed by atoms with van der Waals surface area (Å²) in [4.78, 5) is 4.42. The number of phenols is 1. The Balaban J connectivity index is 2.77. The molecule has 0 saturated carbocycles. The predicted molar refractivity (Wildman–Crippen MR) is 88.7 cm³/mol. The maximum absolute atomic E-state index is 10.6. The Morgan fingerprint density at radius 2 is 1.57 bits per heavy atom. The van der Waals surface area contributed by atoms with E-state index < -0.39 is 0 Å². The summed E-state index contributed by atoms with van der Waals surface area (Å²) in [6.07, 6.45) is 1.76. The smallest absolute Gasteiger partial charge is 0.125 e. The van der Waals surface area contributed by atoms with Gasteiger partial charge in [0.15, 0.2) is 0 Å². The molecule has 0 aliphatic carbocycles. The molecule has 0 aliphatic heterocycles. The van der Waals surface area contributed by atoms with E-state index in [1.54, 1.807) is 6.20 Å². The van der Waals surface area contributed by atoms with Gasteiger partial charge in [-0.25, -0.2) is 0 Å². The average molecular weight is 283 g/mol. The Morgan fingerprint density at radius 3 is 2.05 bits per heavy atom. The minimum absolute atomic E-state index is 0.000125. The molecule has 1 N–H and O–H groups in total. The summed E-state index contributed by atoms with van der Waals surface area (Å²) in [5.74, 6) is 0.311. The van der Waals surface area contributed by atoms with Crippen LogP contribution in [0.25, 0.3) is 11.3 Å². The van der Waals surface area contributed by atoms with Gasteiger partial charge in [0.2, 0.25) is 0 Å². The zero-order chi connectivity index (χ0) is 15.8. The van der Waals surface area contributed by atoms with Crippen molar-refractivity contribution >= 4 is 0 Å². The van der Waals surface area contributed by atoms with Gasteiger partial charge in [0.25, 0.3) is 0 Å². The fourth-order valence-corrected chi connectivity index (χ4v) is 2.43. The highest BCUT2D eigenvalue weighted by atomic mass is 16.3. The van der Waals surface area contributed by atoms with Crippen molar-refractivity contribution in [3.05, 3.63) is 47.7 Å². The van der Waals surface area contributed by atoms with Crippen molar-refractivity contribution in [3.63, 3.8) is 0 Å². The molecule has 112 valence electrons. The molecular weight excluding hydrogens is 258 g/mol. The van der Waals surface area contributed by atoms with Crippen LogP contribution in [0.3, 0.4) is 0 Å². The van der Waals surface area contributed by atoms with Crippen molar-refractivity contribution in [1.82, 2.24) is 4.98 Å². The lowest BCUT2D eigenvalue weighted by Gasteiger charge is -2.28. The molecule has 0 bridgehead atoms. The highest BCUT2D eigenvalue weighted by molar-refractivity contribution is 5.73. The summed E-state index contributed by atoms with van der Waals surface area (Å²) in [6, 6.07) is 9.87. The SMILES string of the molecule is CC(C)(C)c1cc(O)c(-c2ccccn2)c(C(C)(C)C)c1. The Bertz CT molecular complexity index is 631. The van der Waals surface area contributed by atoms with E-state index >= 15 is 0 Å². The Hall–Kier alpha value is -1.83. The minimum Gasteiger partial charge on any atom is -0.507 e. The van der Waals surface area contributed by atoms with Gasteiger partial charge >= 0.3 is 0 Å². The molecule has 0 unspecified atom stereocenters. The molecule has 2 heteroatoms. The van der Waals surface area contributed by atoms with Gasteiger partial charge in [0.05, 0.1) is 5.69 Å². The third kappa shape index (κ3) is 3.26. The first-order valence-corrected chi connectivity index (χ1v) is 7.40. The molecule has 0 amide bonds. The van der Waals surface area contributed by atoms with Crippen LogP contribution in [0.2, 0.25) is 0 Å². The normalized spacial score (nSPS) is 12.5. The van der Waals surface area contributed by atoms with Gasteiger partial charge < -0.3 is 5.11 Å². The maximum atomic E-state index is 10.6. The van der Waals surface area contributed by atoms with Crippen molar-refractivity contribution in [3.8, 4) is 17.0 Å². The summed E-state index contributed by atoms with van der Waals surface area (Å²) in [6.45, 7) is 13.0. The fourth-order valence-electron chi connectivity index (χ4n) is 2.43. The predicted octanol–water partition coefficient (Wildman–Crippen LogP) is 5.05. The highest BCUT2D eigenvalue weighted by Gasteiger charge is 2.26. The number of hydrogen-bond acceptors (Lipinski definition) is 2. The summed E-state index contributed by atoms with van der Waals surface area (Å²) >= 11 is 0. The van der Waals surface area contributed by atoms with E-state index in [4.69, 9.17) is 0 Å². The van der Waals surface area contributed by atoms with Gasteiger partial charge in [0.1, 0.15) is 5.75 Å². The van der Waals surface area contributed by atoms with E-state index in [9.17, 15) is 5.11 Å². The van der Waals surface area contributed by atoms with E-state index in [1.165, 1.54) is 0 Å². The van der Waals surface area contributed by atoms with Crippen molar-refractivity contribution in [1.29, 1.82) is 0 Å². The monoisotopic (exact) mass is 283 g/mol. The van der Waals surface area contributed by atoms with E-state index in [2.05, 4.69) is 52.6 Å². The van der Waals surface area contributed by atoms with Gasteiger partial charge in [0, 0.05) is 11.8 Å². The standard InChI is InChI=1S/C19H25NO/c1-18(2,3)13-11-14(19(4,5)6)17(16(21)12-13)15-9-7-8-10-20-15/h7-12,21H,1-6H3. The fraction of sp³-hybridized carbons (Fsp3) is 0.421. The molecule has 0 radical (unpaired) electrons. The zero-order valence-corrected chi connectivity index (χ0v) is 13.9. The number of rotatable bonds is 1. The van der Waals surface area contributed by atoms with E-state index in [0.717, 1.165) is 22.4 Å². The summed E-state index contributed by atoms with van der Waals surface area (Å²) in [5, 5.41) is 10.6. The van der Waals surface area contributed by atoms with E-state index in [1.807, 2.05) is 24.3 Å². The van der Waals surface area contributed by atoms with Crippen LogP contribution in [0.15, 0.2) is 36.5 Å². The first-order valence-electron chi connectivity index (χ1n) is 7.40. The van der Waals surface area contributed by atoms with Crippen LogP contribution in [-0.2, 0) is 10.8 Å². The second kappa shape index (κ2) is 5.18. The quantitative estimate of drug-likeness (QED) is 0.794. The lowest BCUT2D eigenvalue weighted by Crippen LogP contribution is -2.17. The van der Waals surface area contributed by atoms with Gasteiger partial charge in [-0.05, 0) is 40.2 Å². The van der Waals surface area contributed by atoms with Crippen LogP contribution < -0.4 is 0 Å². The molecule has 1 heterocycles. The summed E-state index contributed by atoms with van der Waals surface area (Å²) in [5.41, 5.74) is 3.87.